The molecular weight excluding hydrogens is 316 g/mol. The predicted molar refractivity (Wildman–Crippen MR) is 84.8 cm³/mol. The van der Waals surface area contributed by atoms with Crippen molar-refractivity contribution in [3.05, 3.63) is 52.9 Å². The molecule has 0 saturated carbocycles. The van der Waals surface area contributed by atoms with Crippen LogP contribution in [0.2, 0.25) is 0 Å². The third-order valence-corrected chi connectivity index (χ3v) is 3.53. The number of nitrogens with zero attached hydrogens (tertiary/aromatic N) is 2. The van der Waals surface area contributed by atoms with Gasteiger partial charge in [-0.3, -0.25) is 0 Å². The van der Waals surface area contributed by atoms with Crippen molar-refractivity contribution in [1.82, 2.24) is 15.0 Å². The summed E-state index contributed by atoms with van der Waals surface area (Å²) in [7, 11) is 0. The molecule has 0 saturated heterocycles. The van der Waals surface area contributed by atoms with Crippen LogP contribution < -0.4 is 5.32 Å². The zero-order valence-corrected chi connectivity index (χ0v) is 12.5. The van der Waals surface area contributed by atoms with E-state index in [4.69, 9.17) is 0 Å². The Morgan fingerprint density at radius 2 is 2.05 bits per heavy atom. The van der Waals surface area contributed by atoms with Gasteiger partial charge in [-0.2, -0.15) is 0 Å². The SMILES string of the molecule is Brc1ccc(NCCCc2nc3ccccc3[nH]2)nc1. The van der Waals surface area contributed by atoms with Crippen LogP contribution in [0.3, 0.4) is 0 Å². The maximum atomic E-state index is 4.56. The Labute approximate surface area is 125 Å². The highest BCUT2D eigenvalue weighted by atomic mass is 79.9. The van der Waals surface area contributed by atoms with Crippen LogP contribution in [0.1, 0.15) is 12.2 Å². The lowest BCUT2D eigenvalue weighted by Crippen LogP contribution is -2.04. The molecule has 5 heteroatoms. The van der Waals surface area contributed by atoms with Crippen molar-refractivity contribution in [1.29, 1.82) is 0 Å². The molecule has 2 heterocycles. The standard InChI is InChI=1S/C15H15BrN4/c16-11-7-8-14(18-10-11)17-9-3-6-15-19-12-4-1-2-5-13(12)20-15/h1-2,4-5,7-8,10H,3,6,9H2,(H,17,18)(H,19,20). The Balaban J connectivity index is 1.51. The number of imidazole rings is 1. The Bertz CT molecular complexity index is 657. The molecule has 0 fully saturated rings. The summed E-state index contributed by atoms with van der Waals surface area (Å²) in [5.74, 6) is 1.94. The minimum Gasteiger partial charge on any atom is -0.370 e. The maximum Gasteiger partial charge on any atom is 0.125 e. The number of aromatic nitrogens is 3. The number of aryl methyl sites for hydroxylation is 1. The molecule has 102 valence electrons. The van der Waals surface area contributed by atoms with Gasteiger partial charge in [-0.25, -0.2) is 9.97 Å². The molecule has 20 heavy (non-hydrogen) atoms. The monoisotopic (exact) mass is 330 g/mol. The number of fused-ring (bicyclic) bond motifs is 1. The number of rotatable bonds is 5. The van der Waals surface area contributed by atoms with E-state index in [9.17, 15) is 0 Å². The third kappa shape index (κ3) is 3.17. The number of benzene rings is 1. The van der Waals surface area contributed by atoms with E-state index in [1.165, 1.54) is 0 Å². The van der Waals surface area contributed by atoms with E-state index < -0.39 is 0 Å². The quantitative estimate of drug-likeness (QED) is 0.700. The average molecular weight is 331 g/mol. The lowest BCUT2D eigenvalue weighted by atomic mass is 10.3. The number of nitrogens with one attached hydrogen (secondary N) is 2. The first-order chi connectivity index (χ1) is 9.81. The van der Waals surface area contributed by atoms with E-state index in [0.29, 0.717) is 0 Å². The first-order valence-electron chi connectivity index (χ1n) is 6.60. The molecule has 0 aliphatic heterocycles. The largest absolute Gasteiger partial charge is 0.370 e. The van der Waals surface area contributed by atoms with Gasteiger partial charge in [0, 0.05) is 23.6 Å². The molecule has 2 aromatic heterocycles. The van der Waals surface area contributed by atoms with Crippen LogP contribution in [-0.2, 0) is 6.42 Å². The van der Waals surface area contributed by atoms with Gasteiger partial charge in [0.25, 0.3) is 0 Å². The van der Waals surface area contributed by atoms with Crippen LogP contribution in [0.5, 0.6) is 0 Å². The van der Waals surface area contributed by atoms with Gasteiger partial charge in [0.05, 0.1) is 11.0 Å². The van der Waals surface area contributed by atoms with Gasteiger partial charge in [-0.15, -0.1) is 0 Å². The Hall–Kier alpha value is -1.88. The summed E-state index contributed by atoms with van der Waals surface area (Å²) >= 11 is 3.37. The summed E-state index contributed by atoms with van der Waals surface area (Å²) in [5, 5.41) is 3.30. The van der Waals surface area contributed by atoms with Crippen molar-refractivity contribution < 1.29 is 0 Å². The van der Waals surface area contributed by atoms with Crippen molar-refractivity contribution in [2.24, 2.45) is 0 Å². The number of H-pyrrole nitrogens is 1. The summed E-state index contributed by atoms with van der Waals surface area (Å²) in [4.78, 5) is 12.2. The molecular formula is C15H15BrN4. The third-order valence-electron chi connectivity index (χ3n) is 3.06. The first-order valence-corrected chi connectivity index (χ1v) is 7.39. The fourth-order valence-corrected chi connectivity index (χ4v) is 2.31. The predicted octanol–water partition coefficient (Wildman–Crippen LogP) is 3.77. The molecule has 0 bridgehead atoms. The number of anilines is 1. The van der Waals surface area contributed by atoms with E-state index in [0.717, 1.165) is 46.5 Å². The van der Waals surface area contributed by atoms with Gasteiger partial charge in [0.1, 0.15) is 11.6 Å². The van der Waals surface area contributed by atoms with Gasteiger partial charge in [-0.1, -0.05) is 12.1 Å². The molecule has 0 amide bonds. The zero-order valence-electron chi connectivity index (χ0n) is 10.9. The fourth-order valence-electron chi connectivity index (χ4n) is 2.08. The molecule has 2 N–H and O–H groups in total. The highest BCUT2D eigenvalue weighted by molar-refractivity contribution is 9.10. The molecule has 0 radical (unpaired) electrons. The maximum absolute atomic E-state index is 4.56. The Morgan fingerprint density at radius 1 is 1.15 bits per heavy atom. The summed E-state index contributed by atoms with van der Waals surface area (Å²) in [6, 6.07) is 12.0. The highest BCUT2D eigenvalue weighted by Gasteiger charge is 2.01. The fraction of sp³-hybridized carbons (Fsp3) is 0.200. The minimum atomic E-state index is 0.881. The second-order valence-electron chi connectivity index (χ2n) is 4.59. The highest BCUT2D eigenvalue weighted by Crippen LogP contribution is 2.12. The molecule has 3 aromatic rings. The van der Waals surface area contributed by atoms with Gasteiger partial charge in [0.2, 0.25) is 0 Å². The lowest BCUT2D eigenvalue weighted by Gasteiger charge is -2.04. The van der Waals surface area contributed by atoms with E-state index in [2.05, 4.69) is 42.3 Å². The van der Waals surface area contributed by atoms with E-state index in [-0.39, 0.29) is 0 Å². The van der Waals surface area contributed by atoms with Crippen molar-refractivity contribution in [2.45, 2.75) is 12.8 Å². The van der Waals surface area contributed by atoms with E-state index in [1.54, 1.807) is 6.20 Å². The second kappa shape index (κ2) is 6.05. The van der Waals surface area contributed by atoms with Crippen molar-refractivity contribution in [3.63, 3.8) is 0 Å². The number of pyridine rings is 1. The van der Waals surface area contributed by atoms with Crippen molar-refractivity contribution in [3.8, 4) is 0 Å². The summed E-state index contributed by atoms with van der Waals surface area (Å²) in [6.07, 6.45) is 3.73. The summed E-state index contributed by atoms with van der Waals surface area (Å²) in [5.41, 5.74) is 2.13. The second-order valence-corrected chi connectivity index (χ2v) is 5.51. The van der Waals surface area contributed by atoms with Gasteiger partial charge >= 0.3 is 0 Å². The molecule has 0 aliphatic rings. The van der Waals surface area contributed by atoms with Crippen LogP contribution in [0.4, 0.5) is 5.82 Å². The van der Waals surface area contributed by atoms with Crippen molar-refractivity contribution in [2.75, 3.05) is 11.9 Å². The molecule has 4 nitrogen and oxygen atoms in total. The van der Waals surface area contributed by atoms with Gasteiger partial charge < -0.3 is 10.3 Å². The number of aromatic amines is 1. The molecule has 0 unspecified atom stereocenters. The first kappa shape index (κ1) is 13.1. The normalized spacial score (nSPS) is 10.8. The Kier molecular flexibility index (Phi) is 3.97. The molecule has 3 rings (SSSR count). The topological polar surface area (TPSA) is 53.6 Å². The van der Waals surface area contributed by atoms with Crippen LogP contribution in [0.15, 0.2) is 47.1 Å². The van der Waals surface area contributed by atoms with Crippen molar-refractivity contribution >= 4 is 32.8 Å². The molecule has 0 atom stereocenters. The summed E-state index contributed by atoms with van der Waals surface area (Å²) in [6.45, 7) is 0.881. The summed E-state index contributed by atoms with van der Waals surface area (Å²) < 4.78 is 0.991. The van der Waals surface area contributed by atoms with Gasteiger partial charge in [-0.05, 0) is 46.6 Å². The van der Waals surface area contributed by atoms with Crippen LogP contribution in [0, 0.1) is 0 Å². The number of hydrogen-bond donors (Lipinski definition) is 2. The number of hydrogen-bond acceptors (Lipinski definition) is 3. The van der Waals surface area contributed by atoms with E-state index in [1.807, 2.05) is 30.3 Å². The number of para-hydroxylation sites is 2. The zero-order chi connectivity index (χ0) is 13.8. The van der Waals surface area contributed by atoms with E-state index >= 15 is 0 Å². The van der Waals surface area contributed by atoms with Crippen LogP contribution in [-0.4, -0.2) is 21.5 Å². The molecule has 1 aromatic carbocycles. The number of halogens is 1. The lowest BCUT2D eigenvalue weighted by molar-refractivity contribution is 0.817. The molecule has 0 spiro atoms. The smallest absolute Gasteiger partial charge is 0.125 e. The average Bonchev–Trinajstić information content (AvgIpc) is 2.88. The van der Waals surface area contributed by atoms with Crippen LogP contribution >= 0.6 is 15.9 Å². The molecule has 0 aliphatic carbocycles. The minimum absolute atomic E-state index is 0.881. The van der Waals surface area contributed by atoms with Gasteiger partial charge in [0.15, 0.2) is 0 Å². The Morgan fingerprint density at radius 3 is 2.85 bits per heavy atom. The van der Waals surface area contributed by atoms with Crippen LogP contribution in [0.25, 0.3) is 11.0 Å².